The molecule has 0 saturated heterocycles. The highest BCUT2D eigenvalue weighted by atomic mass is 16.5. The second-order valence-corrected chi connectivity index (χ2v) is 6.64. The van der Waals surface area contributed by atoms with Crippen LogP contribution in [-0.4, -0.2) is 34.6 Å². The molecule has 1 fully saturated rings. The van der Waals surface area contributed by atoms with Gasteiger partial charge in [0.25, 0.3) is 11.8 Å². The third-order valence-corrected chi connectivity index (χ3v) is 4.85. The van der Waals surface area contributed by atoms with Gasteiger partial charge in [-0.15, -0.1) is 0 Å². The maximum absolute atomic E-state index is 12.6. The lowest BCUT2D eigenvalue weighted by Gasteiger charge is -2.20. The molecule has 0 radical (unpaired) electrons. The van der Waals surface area contributed by atoms with Gasteiger partial charge in [0, 0.05) is 6.42 Å². The zero-order valence-electron chi connectivity index (χ0n) is 14.5. The van der Waals surface area contributed by atoms with Crippen molar-refractivity contribution in [2.75, 3.05) is 0 Å². The van der Waals surface area contributed by atoms with Crippen molar-refractivity contribution in [3.05, 3.63) is 59.0 Å². The monoisotopic (exact) mass is 367 g/mol. The first-order valence-electron chi connectivity index (χ1n) is 8.81. The standard InChI is InChI=1S/C20H17NO6/c22-16-5-1-2-6-17(16)27-20(25)12-7-8-14-15(10-12)19(24)21(18(14)23)11-13-4-3-9-26-13/h3-4,7-10,17H,1-2,5-6,11H2/t17-/m0/s1. The van der Waals surface area contributed by atoms with Gasteiger partial charge in [0.05, 0.1) is 29.5 Å². The van der Waals surface area contributed by atoms with Crippen LogP contribution in [0.3, 0.4) is 0 Å². The molecule has 27 heavy (non-hydrogen) atoms. The second kappa shape index (κ2) is 6.83. The number of rotatable bonds is 4. The molecule has 1 aromatic heterocycles. The number of furan rings is 1. The van der Waals surface area contributed by atoms with E-state index in [1.807, 2.05) is 0 Å². The Hall–Kier alpha value is -3.22. The fourth-order valence-corrected chi connectivity index (χ4v) is 3.39. The molecule has 1 aromatic carbocycles. The molecular weight excluding hydrogens is 350 g/mol. The van der Waals surface area contributed by atoms with E-state index in [1.165, 1.54) is 24.5 Å². The van der Waals surface area contributed by atoms with Gasteiger partial charge in [0.1, 0.15) is 5.76 Å². The van der Waals surface area contributed by atoms with Crippen molar-refractivity contribution >= 4 is 23.6 Å². The van der Waals surface area contributed by atoms with Gasteiger partial charge in [-0.2, -0.15) is 0 Å². The maximum atomic E-state index is 12.6. The maximum Gasteiger partial charge on any atom is 0.338 e. The van der Waals surface area contributed by atoms with Gasteiger partial charge in [0.2, 0.25) is 0 Å². The molecule has 7 heteroatoms. The van der Waals surface area contributed by atoms with Crippen LogP contribution in [0.2, 0.25) is 0 Å². The van der Waals surface area contributed by atoms with Crippen LogP contribution in [0.4, 0.5) is 0 Å². The van der Waals surface area contributed by atoms with Crippen molar-refractivity contribution in [3.63, 3.8) is 0 Å². The first-order chi connectivity index (χ1) is 13.0. The molecule has 2 aromatic rings. The molecule has 4 rings (SSSR count). The Kier molecular flexibility index (Phi) is 4.35. The van der Waals surface area contributed by atoms with E-state index in [9.17, 15) is 19.2 Å². The summed E-state index contributed by atoms with van der Waals surface area (Å²) in [4.78, 5) is 50.4. The number of ether oxygens (including phenoxy) is 1. The fraction of sp³-hybridized carbons (Fsp3) is 0.300. The number of benzene rings is 1. The third-order valence-electron chi connectivity index (χ3n) is 4.85. The lowest BCUT2D eigenvalue weighted by Crippen LogP contribution is -2.30. The quantitative estimate of drug-likeness (QED) is 0.609. The summed E-state index contributed by atoms with van der Waals surface area (Å²) in [6.45, 7) is 0.0235. The summed E-state index contributed by atoms with van der Waals surface area (Å²) in [5.41, 5.74) is 0.529. The summed E-state index contributed by atoms with van der Waals surface area (Å²) in [6, 6.07) is 7.59. The second-order valence-electron chi connectivity index (χ2n) is 6.64. The molecule has 0 unspecified atom stereocenters. The van der Waals surface area contributed by atoms with Crippen LogP contribution in [0.25, 0.3) is 0 Å². The molecule has 0 spiro atoms. The molecular formula is C20H17NO6. The summed E-state index contributed by atoms with van der Waals surface area (Å²) in [7, 11) is 0. The van der Waals surface area contributed by atoms with Crippen molar-refractivity contribution in [1.29, 1.82) is 0 Å². The van der Waals surface area contributed by atoms with Gasteiger partial charge in [-0.1, -0.05) is 0 Å². The summed E-state index contributed by atoms with van der Waals surface area (Å²) < 4.78 is 10.5. The van der Waals surface area contributed by atoms with Gasteiger partial charge in [-0.3, -0.25) is 19.3 Å². The van der Waals surface area contributed by atoms with Crippen LogP contribution in [0.1, 0.15) is 62.5 Å². The average Bonchev–Trinajstić information content (AvgIpc) is 3.26. The van der Waals surface area contributed by atoms with Gasteiger partial charge in [-0.25, -0.2) is 4.79 Å². The van der Waals surface area contributed by atoms with E-state index in [0.29, 0.717) is 18.6 Å². The number of hydrogen-bond donors (Lipinski definition) is 0. The minimum atomic E-state index is -0.729. The van der Waals surface area contributed by atoms with Crippen LogP contribution < -0.4 is 0 Å². The Bertz CT molecular complexity index is 930. The van der Waals surface area contributed by atoms with Gasteiger partial charge < -0.3 is 9.15 Å². The van der Waals surface area contributed by atoms with E-state index < -0.39 is 23.9 Å². The normalized spacial score (nSPS) is 19.3. The first kappa shape index (κ1) is 17.2. The summed E-state index contributed by atoms with van der Waals surface area (Å²) in [5.74, 6) is -1.18. The molecule has 1 aliphatic heterocycles. The largest absolute Gasteiger partial charge is 0.467 e. The van der Waals surface area contributed by atoms with E-state index in [2.05, 4.69) is 0 Å². The highest BCUT2D eigenvalue weighted by molar-refractivity contribution is 6.21. The van der Waals surface area contributed by atoms with Crippen LogP contribution >= 0.6 is 0 Å². The first-order valence-corrected chi connectivity index (χ1v) is 8.81. The zero-order valence-corrected chi connectivity index (χ0v) is 14.5. The number of hydrogen-bond acceptors (Lipinski definition) is 6. The van der Waals surface area contributed by atoms with Gasteiger partial charge in [0.15, 0.2) is 11.9 Å². The van der Waals surface area contributed by atoms with Crippen LogP contribution in [-0.2, 0) is 16.1 Å². The molecule has 1 saturated carbocycles. The van der Waals surface area contributed by atoms with E-state index >= 15 is 0 Å². The van der Waals surface area contributed by atoms with Crippen LogP contribution in [0.15, 0.2) is 41.0 Å². The molecule has 1 aliphatic carbocycles. The predicted molar refractivity (Wildman–Crippen MR) is 92.0 cm³/mol. The van der Waals surface area contributed by atoms with Crippen molar-refractivity contribution < 1.29 is 28.3 Å². The number of carbonyl (C=O) groups excluding carboxylic acids is 4. The van der Waals surface area contributed by atoms with Gasteiger partial charge >= 0.3 is 5.97 Å². The van der Waals surface area contributed by atoms with E-state index in [1.54, 1.807) is 12.1 Å². The minimum Gasteiger partial charge on any atom is -0.467 e. The Labute approximate surface area is 154 Å². The molecule has 138 valence electrons. The van der Waals surface area contributed by atoms with Crippen LogP contribution in [0, 0.1) is 0 Å². The third kappa shape index (κ3) is 3.16. The molecule has 0 N–H and O–H groups in total. The Morgan fingerprint density at radius 1 is 1.11 bits per heavy atom. The topological polar surface area (TPSA) is 93.9 Å². The number of nitrogens with zero attached hydrogens (tertiary/aromatic N) is 1. The SMILES string of the molecule is O=C(O[C@H]1CCCCC1=O)c1ccc2c(c1)C(=O)N(Cc1ccco1)C2=O. The summed E-state index contributed by atoms with van der Waals surface area (Å²) >= 11 is 0. The summed E-state index contributed by atoms with van der Waals surface area (Å²) in [5, 5.41) is 0. The average molecular weight is 367 g/mol. The summed E-state index contributed by atoms with van der Waals surface area (Å²) in [6.07, 6.45) is 3.32. The number of imide groups is 1. The lowest BCUT2D eigenvalue weighted by molar-refractivity contribution is -0.129. The molecule has 7 nitrogen and oxygen atoms in total. The molecule has 0 bridgehead atoms. The number of carbonyl (C=O) groups is 4. The van der Waals surface area contributed by atoms with E-state index in [-0.39, 0.29) is 29.0 Å². The predicted octanol–water partition coefficient (Wildman–Crippen LogP) is 2.74. The number of ketones is 1. The van der Waals surface area contributed by atoms with Crippen molar-refractivity contribution in [2.45, 2.75) is 38.3 Å². The smallest absolute Gasteiger partial charge is 0.338 e. The van der Waals surface area contributed by atoms with Crippen molar-refractivity contribution in [1.82, 2.24) is 4.90 Å². The van der Waals surface area contributed by atoms with Crippen molar-refractivity contribution in [3.8, 4) is 0 Å². The Balaban J connectivity index is 1.53. The van der Waals surface area contributed by atoms with Crippen molar-refractivity contribution in [2.24, 2.45) is 0 Å². The number of amides is 2. The Morgan fingerprint density at radius 2 is 1.93 bits per heavy atom. The van der Waals surface area contributed by atoms with Crippen LogP contribution in [0.5, 0.6) is 0 Å². The number of Topliss-reactive ketones (excluding diaryl/α,β-unsaturated/α-hetero) is 1. The highest BCUT2D eigenvalue weighted by Crippen LogP contribution is 2.27. The highest BCUT2D eigenvalue weighted by Gasteiger charge is 2.37. The lowest BCUT2D eigenvalue weighted by atomic mass is 9.96. The van der Waals surface area contributed by atoms with E-state index in [0.717, 1.165) is 17.7 Å². The van der Waals surface area contributed by atoms with Gasteiger partial charge in [-0.05, 0) is 49.6 Å². The molecule has 2 amide bonds. The Morgan fingerprint density at radius 3 is 2.67 bits per heavy atom. The molecule has 2 heterocycles. The fourth-order valence-electron chi connectivity index (χ4n) is 3.39. The molecule has 2 aliphatic rings. The number of esters is 1. The zero-order chi connectivity index (χ0) is 19.0. The molecule has 1 atom stereocenters. The minimum absolute atomic E-state index is 0.0235. The van der Waals surface area contributed by atoms with E-state index in [4.69, 9.17) is 9.15 Å². The number of fused-ring (bicyclic) bond motifs is 1.